The normalized spacial score (nSPS) is 24.2. The van der Waals surface area contributed by atoms with Crippen LogP contribution >= 0.6 is 0 Å². The minimum atomic E-state index is -0.649. The molecule has 4 heteroatoms. The number of alkyl halides is 1. The summed E-state index contributed by atoms with van der Waals surface area (Å²) in [6.45, 7) is 4.64. The van der Waals surface area contributed by atoms with Crippen LogP contribution < -0.4 is 0 Å². The average Bonchev–Trinajstić information content (AvgIpc) is 3.23. The monoisotopic (exact) mass is 337 g/mol. The molecule has 1 aliphatic heterocycles. The van der Waals surface area contributed by atoms with Crippen LogP contribution in [0.3, 0.4) is 0 Å². The third-order valence-corrected chi connectivity index (χ3v) is 5.56. The van der Waals surface area contributed by atoms with Crippen molar-refractivity contribution in [1.29, 1.82) is 0 Å². The molecule has 0 amide bonds. The Labute approximate surface area is 148 Å². The lowest BCUT2D eigenvalue weighted by atomic mass is 9.81. The molecular weight excluding hydrogens is 313 g/mol. The summed E-state index contributed by atoms with van der Waals surface area (Å²) in [5, 5.41) is 8.40. The highest BCUT2D eigenvalue weighted by Gasteiger charge is 2.32. The summed E-state index contributed by atoms with van der Waals surface area (Å²) in [4.78, 5) is 2.25. The molecule has 0 spiro atoms. The van der Waals surface area contributed by atoms with E-state index in [0.717, 1.165) is 25.2 Å². The lowest BCUT2D eigenvalue weighted by molar-refractivity contribution is 0.289. The van der Waals surface area contributed by atoms with Crippen LogP contribution in [0, 0.1) is 0 Å². The molecule has 0 bridgehead atoms. The second-order valence-electron chi connectivity index (χ2n) is 7.20. The van der Waals surface area contributed by atoms with Gasteiger partial charge in [0.15, 0.2) is 0 Å². The number of halogens is 1. The number of hydrogen-bond acceptors (Lipinski definition) is 3. The standard InChI is InChI=1S/C21H24FN3/c1-15(20-7-4-10-23-24-20)21-17(8-11-25-12-9-18(22)14-25)13-16-5-2-3-6-19(16)21/h2-7,10,13,15,18,21H,8-9,11-12,14H2,1H3. The van der Waals surface area contributed by atoms with E-state index in [4.69, 9.17) is 0 Å². The largest absolute Gasteiger partial charge is 0.300 e. The van der Waals surface area contributed by atoms with Crippen molar-refractivity contribution in [2.45, 2.75) is 37.8 Å². The molecular formula is C21H24FN3. The van der Waals surface area contributed by atoms with Crippen molar-refractivity contribution in [3.8, 4) is 0 Å². The van der Waals surface area contributed by atoms with E-state index >= 15 is 0 Å². The third-order valence-electron chi connectivity index (χ3n) is 5.56. The number of likely N-dealkylation sites (tertiary alicyclic amines) is 1. The maximum Gasteiger partial charge on any atom is 0.114 e. The Morgan fingerprint density at radius 1 is 1.24 bits per heavy atom. The molecule has 130 valence electrons. The SMILES string of the molecule is CC(c1cccnn1)C1C(CCN2CCC(F)C2)=Cc2ccccc21. The van der Waals surface area contributed by atoms with Crippen molar-refractivity contribution in [3.05, 3.63) is 65.0 Å². The van der Waals surface area contributed by atoms with Crippen LogP contribution in [0.15, 0.2) is 48.2 Å². The molecule has 0 saturated carbocycles. The molecule has 1 saturated heterocycles. The zero-order valence-electron chi connectivity index (χ0n) is 14.6. The molecule has 1 aromatic carbocycles. The Morgan fingerprint density at radius 2 is 2.12 bits per heavy atom. The summed E-state index contributed by atoms with van der Waals surface area (Å²) < 4.78 is 13.4. The molecule has 1 fully saturated rings. The van der Waals surface area contributed by atoms with Crippen LogP contribution in [0.4, 0.5) is 4.39 Å². The van der Waals surface area contributed by atoms with Gasteiger partial charge in [0.1, 0.15) is 6.17 Å². The second kappa shape index (κ2) is 7.04. The summed E-state index contributed by atoms with van der Waals surface area (Å²) in [6.07, 6.45) is 5.06. The maximum atomic E-state index is 13.4. The van der Waals surface area contributed by atoms with E-state index in [-0.39, 0.29) is 5.92 Å². The quantitative estimate of drug-likeness (QED) is 0.819. The fraction of sp³-hybridized carbons (Fsp3) is 0.429. The lowest BCUT2D eigenvalue weighted by Gasteiger charge is -2.25. The first-order chi connectivity index (χ1) is 12.2. The van der Waals surface area contributed by atoms with Crippen LogP contribution in [0.2, 0.25) is 0 Å². The average molecular weight is 337 g/mol. The second-order valence-corrected chi connectivity index (χ2v) is 7.20. The number of nitrogens with zero attached hydrogens (tertiary/aromatic N) is 3. The minimum Gasteiger partial charge on any atom is -0.300 e. The van der Waals surface area contributed by atoms with Gasteiger partial charge in [-0.15, -0.1) is 0 Å². The molecule has 2 aromatic rings. The van der Waals surface area contributed by atoms with E-state index < -0.39 is 6.17 Å². The first-order valence-electron chi connectivity index (χ1n) is 9.16. The highest BCUT2D eigenvalue weighted by atomic mass is 19.1. The molecule has 25 heavy (non-hydrogen) atoms. The topological polar surface area (TPSA) is 29.0 Å². The Bertz CT molecular complexity index is 759. The van der Waals surface area contributed by atoms with Crippen molar-refractivity contribution in [2.24, 2.45) is 0 Å². The van der Waals surface area contributed by atoms with Gasteiger partial charge in [-0.1, -0.05) is 42.8 Å². The number of fused-ring (bicyclic) bond motifs is 1. The van der Waals surface area contributed by atoms with Gasteiger partial charge in [0.05, 0.1) is 5.69 Å². The summed E-state index contributed by atoms with van der Waals surface area (Å²) in [5.41, 5.74) is 5.14. The van der Waals surface area contributed by atoms with E-state index in [9.17, 15) is 4.39 Å². The van der Waals surface area contributed by atoms with Gasteiger partial charge in [-0.05, 0) is 36.1 Å². The van der Waals surface area contributed by atoms with Gasteiger partial charge in [0.2, 0.25) is 0 Å². The number of benzene rings is 1. The van der Waals surface area contributed by atoms with E-state index in [1.54, 1.807) is 6.20 Å². The maximum absolute atomic E-state index is 13.4. The number of aromatic nitrogens is 2. The van der Waals surface area contributed by atoms with Crippen LogP contribution in [-0.2, 0) is 0 Å². The molecule has 3 unspecified atom stereocenters. The molecule has 1 aliphatic carbocycles. The zero-order valence-corrected chi connectivity index (χ0v) is 14.6. The smallest absolute Gasteiger partial charge is 0.114 e. The third kappa shape index (κ3) is 3.36. The van der Waals surface area contributed by atoms with Crippen LogP contribution in [0.5, 0.6) is 0 Å². The molecule has 3 atom stereocenters. The Morgan fingerprint density at radius 3 is 2.88 bits per heavy atom. The van der Waals surface area contributed by atoms with Crippen LogP contribution in [-0.4, -0.2) is 40.9 Å². The minimum absolute atomic E-state index is 0.274. The summed E-state index contributed by atoms with van der Waals surface area (Å²) >= 11 is 0. The molecule has 3 nitrogen and oxygen atoms in total. The fourth-order valence-corrected chi connectivity index (χ4v) is 4.24. The summed E-state index contributed by atoms with van der Waals surface area (Å²) in [6, 6.07) is 12.6. The first kappa shape index (κ1) is 16.4. The van der Waals surface area contributed by atoms with Crippen molar-refractivity contribution < 1.29 is 4.39 Å². The van der Waals surface area contributed by atoms with Crippen LogP contribution in [0.1, 0.15) is 48.4 Å². The van der Waals surface area contributed by atoms with Gasteiger partial charge < -0.3 is 4.90 Å². The highest BCUT2D eigenvalue weighted by Crippen LogP contribution is 2.45. The Balaban J connectivity index is 1.56. The summed E-state index contributed by atoms with van der Waals surface area (Å²) in [5.74, 6) is 0.604. The molecule has 1 aromatic heterocycles. The molecule has 0 N–H and O–H groups in total. The van der Waals surface area contributed by atoms with Crippen molar-refractivity contribution in [3.63, 3.8) is 0 Å². The molecule has 0 radical (unpaired) electrons. The van der Waals surface area contributed by atoms with Gasteiger partial charge in [-0.25, -0.2) is 4.39 Å². The van der Waals surface area contributed by atoms with Crippen molar-refractivity contribution in [1.82, 2.24) is 15.1 Å². The van der Waals surface area contributed by atoms with E-state index in [2.05, 4.69) is 58.4 Å². The highest BCUT2D eigenvalue weighted by molar-refractivity contribution is 5.67. The van der Waals surface area contributed by atoms with Gasteiger partial charge in [0.25, 0.3) is 0 Å². The Hall–Kier alpha value is -2.07. The molecule has 2 heterocycles. The fourth-order valence-electron chi connectivity index (χ4n) is 4.24. The van der Waals surface area contributed by atoms with E-state index in [0.29, 0.717) is 18.9 Å². The van der Waals surface area contributed by atoms with Gasteiger partial charge in [-0.3, -0.25) is 0 Å². The van der Waals surface area contributed by atoms with Crippen LogP contribution in [0.25, 0.3) is 6.08 Å². The number of hydrogen-bond donors (Lipinski definition) is 0. The van der Waals surface area contributed by atoms with E-state index in [1.807, 2.05) is 6.07 Å². The zero-order chi connectivity index (χ0) is 17.2. The predicted octanol–water partition coefficient (Wildman–Crippen LogP) is 4.19. The van der Waals surface area contributed by atoms with Gasteiger partial charge in [-0.2, -0.15) is 10.2 Å². The van der Waals surface area contributed by atoms with Crippen molar-refractivity contribution in [2.75, 3.05) is 19.6 Å². The number of rotatable bonds is 5. The van der Waals surface area contributed by atoms with Crippen molar-refractivity contribution >= 4 is 6.08 Å². The first-order valence-corrected chi connectivity index (χ1v) is 9.16. The summed E-state index contributed by atoms with van der Waals surface area (Å²) in [7, 11) is 0. The van der Waals surface area contributed by atoms with Gasteiger partial charge >= 0.3 is 0 Å². The Kier molecular flexibility index (Phi) is 4.62. The van der Waals surface area contributed by atoms with Gasteiger partial charge in [0, 0.05) is 37.7 Å². The lowest BCUT2D eigenvalue weighted by Crippen LogP contribution is -2.23. The molecule has 2 aliphatic rings. The van der Waals surface area contributed by atoms with E-state index in [1.165, 1.54) is 16.7 Å². The predicted molar refractivity (Wildman–Crippen MR) is 98.2 cm³/mol. The molecule has 4 rings (SSSR count).